The van der Waals surface area contributed by atoms with Crippen LogP contribution in [-0.2, 0) is 19.2 Å². The van der Waals surface area contributed by atoms with E-state index >= 15 is 0 Å². The highest BCUT2D eigenvalue weighted by molar-refractivity contribution is 6.10. The zero-order valence-corrected chi connectivity index (χ0v) is 13.9. The van der Waals surface area contributed by atoms with Gasteiger partial charge in [-0.15, -0.1) is 0 Å². The fourth-order valence-electron chi connectivity index (χ4n) is 2.74. The first-order valence-corrected chi connectivity index (χ1v) is 7.53. The molecule has 6 heteroatoms. The average Bonchev–Trinajstić information content (AvgIpc) is 2.43. The molecule has 0 heterocycles. The SMILES string of the molecule is CCCC(=O)[C@@H]1C(O)=C(C(=O)OC)C(C)(C)C/C1=N/OCC. The number of nitrogens with zero attached hydrogens (tertiary/aromatic N) is 1. The van der Waals surface area contributed by atoms with Crippen LogP contribution in [0.25, 0.3) is 0 Å². The van der Waals surface area contributed by atoms with Gasteiger partial charge in [-0.25, -0.2) is 4.79 Å². The second-order valence-electron chi connectivity index (χ2n) is 5.96. The molecule has 6 nitrogen and oxygen atoms in total. The van der Waals surface area contributed by atoms with E-state index in [-0.39, 0.29) is 17.1 Å². The Morgan fingerprint density at radius 1 is 1.36 bits per heavy atom. The van der Waals surface area contributed by atoms with Crippen molar-refractivity contribution in [3.05, 3.63) is 11.3 Å². The van der Waals surface area contributed by atoms with Gasteiger partial charge in [0.25, 0.3) is 0 Å². The molecule has 0 amide bonds. The van der Waals surface area contributed by atoms with E-state index in [4.69, 9.17) is 9.57 Å². The third kappa shape index (κ3) is 3.67. The number of hydrogen-bond acceptors (Lipinski definition) is 6. The summed E-state index contributed by atoms with van der Waals surface area (Å²) in [6.45, 7) is 7.64. The van der Waals surface area contributed by atoms with Crippen LogP contribution in [0.4, 0.5) is 0 Å². The Kier molecular flexibility index (Phi) is 6.14. The number of ether oxygens (including phenoxy) is 1. The highest BCUT2D eigenvalue weighted by Crippen LogP contribution is 2.42. The fraction of sp³-hybridized carbons (Fsp3) is 0.688. The molecule has 1 aliphatic carbocycles. The topological polar surface area (TPSA) is 85.2 Å². The molecule has 124 valence electrons. The van der Waals surface area contributed by atoms with Gasteiger partial charge in [-0.2, -0.15) is 0 Å². The van der Waals surface area contributed by atoms with Crippen LogP contribution in [0.1, 0.15) is 47.0 Å². The zero-order chi connectivity index (χ0) is 16.9. The highest BCUT2D eigenvalue weighted by Gasteiger charge is 2.45. The molecule has 0 bridgehead atoms. The van der Waals surface area contributed by atoms with Crippen molar-refractivity contribution in [3.8, 4) is 0 Å². The molecule has 22 heavy (non-hydrogen) atoms. The zero-order valence-electron chi connectivity index (χ0n) is 13.9. The van der Waals surface area contributed by atoms with Gasteiger partial charge in [0.15, 0.2) is 0 Å². The van der Waals surface area contributed by atoms with Crippen LogP contribution in [0.5, 0.6) is 0 Å². The summed E-state index contributed by atoms with van der Waals surface area (Å²) in [4.78, 5) is 29.5. The molecular formula is C16H25NO5. The molecule has 0 spiro atoms. The van der Waals surface area contributed by atoms with Gasteiger partial charge < -0.3 is 14.7 Å². The van der Waals surface area contributed by atoms with Crippen molar-refractivity contribution < 1.29 is 24.3 Å². The summed E-state index contributed by atoms with van der Waals surface area (Å²) in [5.74, 6) is -1.98. The van der Waals surface area contributed by atoms with Crippen LogP contribution in [-0.4, -0.2) is 36.3 Å². The lowest BCUT2D eigenvalue weighted by Gasteiger charge is -2.35. The number of oxime groups is 1. The van der Waals surface area contributed by atoms with E-state index < -0.39 is 17.3 Å². The lowest BCUT2D eigenvalue weighted by atomic mass is 9.69. The number of Topliss-reactive ketones (excluding diaryl/α,β-unsaturated/α-hetero) is 1. The standard InChI is InChI=1S/C16H25NO5/c1-6-8-11(18)12-10(17-22-7-2)9-16(3,4)13(14(12)19)15(20)21-5/h12,19H,6-9H2,1-5H3/b17-10-/t12-/m1/s1. The van der Waals surface area contributed by atoms with E-state index in [1.54, 1.807) is 20.8 Å². The van der Waals surface area contributed by atoms with Gasteiger partial charge >= 0.3 is 5.97 Å². The van der Waals surface area contributed by atoms with E-state index in [1.807, 2.05) is 6.92 Å². The summed E-state index contributed by atoms with van der Waals surface area (Å²) in [5.41, 5.74) is -0.0915. The fourth-order valence-corrected chi connectivity index (χ4v) is 2.74. The minimum atomic E-state index is -0.923. The number of aliphatic hydroxyl groups is 1. The van der Waals surface area contributed by atoms with Crippen molar-refractivity contribution in [2.75, 3.05) is 13.7 Å². The first-order chi connectivity index (χ1) is 10.3. The number of allylic oxidation sites excluding steroid dienone is 1. The van der Waals surface area contributed by atoms with Crippen molar-refractivity contribution in [1.29, 1.82) is 0 Å². The van der Waals surface area contributed by atoms with E-state index in [9.17, 15) is 14.7 Å². The number of methoxy groups -OCH3 is 1. The minimum Gasteiger partial charge on any atom is -0.511 e. The highest BCUT2D eigenvalue weighted by atomic mass is 16.6. The van der Waals surface area contributed by atoms with Gasteiger partial charge in [0.1, 0.15) is 24.1 Å². The van der Waals surface area contributed by atoms with Gasteiger partial charge in [0.05, 0.1) is 18.4 Å². The van der Waals surface area contributed by atoms with Crippen molar-refractivity contribution >= 4 is 17.5 Å². The van der Waals surface area contributed by atoms with Crippen molar-refractivity contribution in [3.63, 3.8) is 0 Å². The minimum absolute atomic E-state index is 0.139. The predicted octanol–water partition coefficient (Wildman–Crippen LogP) is 2.78. The van der Waals surface area contributed by atoms with Crippen LogP contribution >= 0.6 is 0 Å². The molecule has 0 radical (unpaired) electrons. The van der Waals surface area contributed by atoms with Crippen LogP contribution in [0, 0.1) is 11.3 Å². The van der Waals surface area contributed by atoms with Gasteiger partial charge in [0, 0.05) is 11.8 Å². The van der Waals surface area contributed by atoms with E-state index in [1.165, 1.54) is 7.11 Å². The third-order valence-corrected chi connectivity index (χ3v) is 3.68. The van der Waals surface area contributed by atoms with Gasteiger partial charge in [-0.3, -0.25) is 4.79 Å². The Morgan fingerprint density at radius 3 is 2.50 bits per heavy atom. The second kappa shape index (κ2) is 7.42. The molecule has 0 aromatic heterocycles. The summed E-state index contributed by atoms with van der Waals surface area (Å²) < 4.78 is 4.76. The van der Waals surface area contributed by atoms with E-state index in [2.05, 4.69) is 5.16 Å². The molecule has 1 aliphatic rings. The summed E-state index contributed by atoms with van der Waals surface area (Å²) in [6.07, 6.45) is 1.30. The van der Waals surface area contributed by atoms with Gasteiger partial charge in [-0.1, -0.05) is 25.9 Å². The maximum Gasteiger partial charge on any atom is 0.337 e. The molecule has 1 atom stereocenters. The molecular weight excluding hydrogens is 286 g/mol. The number of ketones is 1. The summed E-state index contributed by atoms with van der Waals surface area (Å²) in [5, 5.41) is 14.6. The third-order valence-electron chi connectivity index (χ3n) is 3.68. The Morgan fingerprint density at radius 2 is 2.00 bits per heavy atom. The largest absolute Gasteiger partial charge is 0.511 e. The molecule has 0 fully saturated rings. The summed E-state index contributed by atoms with van der Waals surface area (Å²) >= 11 is 0. The lowest BCUT2D eigenvalue weighted by Crippen LogP contribution is -2.40. The summed E-state index contributed by atoms with van der Waals surface area (Å²) in [6, 6.07) is 0. The van der Waals surface area contributed by atoms with Crippen molar-refractivity contribution in [1.82, 2.24) is 0 Å². The normalized spacial score (nSPS) is 22.6. The molecule has 0 aliphatic heterocycles. The number of hydrogen-bond donors (Lipinski definition) is 1. The van der Waals surface area contributed by atoms with Crippen LogP contribution in [0.2, 0.25) is 0 Å². The monoisotopic (exact) mass is 311 g/mol. The molecule has 0 aromatic carbocycles. The first kappa shape index (κ1) is 18.2. The molecule has 0 saturated carbocycles. The van der Waals surface area contributed by atoms with E-state index in [0.29, 0.717) is 31.6 Å². The van der Waals surface area contributed by atoms with Crippen LogP contribution < -0.4 is 0 Å². The van der Waals surface area contributed by atoms with Crippen molar-refractivity contribution in [2.24, 2.45) is 16.5 Å². The van der Waals surface area contributed by atoms with Gasteiger partial charge in [0.2, 0.25) is 0 Å². The number of carbonyl (C=O) groups excluding carboxylic acids is 2. The quantitative estimate of drug-likeness (QED) is 0.602. The number of esters is 1. The molecule has 0 aromatic rings. The molecule has 0 unspecified atom stereocenters. The first-order valence-electron chi connectivity index (χ1n) is 7.53. The van der Waals surface area contributed by atoms with Crippen LogP contribution in [0.3, 0.4) is 0 Å². The Hall–Kier alpha value is -1.85. The maximum atomic E-state index is 12.4. The average molecular weight is 311 g/mol. The van der Waals surface area contributed by atoms with Crippen molar-refractivity contribution in [2.45, 2.75) is 47.0 Å². The Labute approximate surface area is 131 Å². The number of rotatable bonds is 6. The molecule has 1 rings (SSSR count). The number of carbonyl (C=O) groups is 2. The maximum absolute atomic E-state index is 12.4. The lowest BCUT2D eigenvalue weighted by molar-refractivity contribution is -0.137. The Bertz CT molecular complexity index is 505. The smallest absolute Gasteiger partial charge is 0.337 e. The molecule has 1 N–H and O–H groups in total. The predicted molar refractivity (Wildman–Crippen MR) is 82.5 cm³/mol. The Balaban J connectivity index is 3.41. The molecule has 0 saturated heterocycles. The number of aliphatic hydroxyl groups excluding tert-OH is 1. The van der Waals surface area contributed by atoms with Gasteiger partial charge in [-0.05, 0) is 19.8 Å². The van der Waals surface area contributed by atoms with Crippen LogP contribution in [0.15, 0.2) is 16.5 Å². The second-order valence-corrected chi connectivity index (χ2v) is 5.96. The summed E-state index contributed by atoms with van der Waals surface area (Å²) in [7, 11) is 1.26. The van der Waals surface area contributed by atoms with E-state index in [0.717, 1.165) is 0 Å².